The van der Waals surface area contributed by atoms with Crippen LogP contribution < -0.4 is 9.47 Å². The molecular formula is C31H37NO3. The first-order chi connectivity index (χ1) is 17.3. The Balaban J connectivity index is 0.00000141. The average Bonchev–Trinajstić information content (AvgIpc) is 2.92. The number of piperidine rings is 1. The van der Waals surface area contributed by atoms with E-state index < -0.39 is 0 Å². The van der Waals surface area contributed by atoms with Crippen molar-refractivity contribution in [2.45, 2.75) is 39.0 Å². The fourth-order valence-corrected chi connectivity index (χ4v) is 4.77. The molecule has 0 spiro atoms. The smallest absolute Gasteiger partial charge is 0.130 e. The van der Waals surface area contributed by atoms with Crippen LogP contribution in [0.15, 0.2) is 72.8 Å². The predicted molar refractivity (Wildman–Crippen MR) is 144 cm³/mol. The SMILES string of the molecule is CC.Oc1ccc2c(c1)OCC(c1ccccc1)/C2=C\c1ccc(OCCN2CCCCC2)cc1. The fraction of sp³-hybridized carbons (Fsp3) is 0.355. The largest absolute Gasteiger partial charge is 0.508 e. The van der Waals surface area contributed by atoms with Gasteiger partial charge < -0.3 is 14.6 Å². The first-order valence-corrected chi connectivity index (χ1v) is 12.9. The first kappa shape index (κ1) is 24.9. The molecule has 5 rings (SSSR count). The molecule has 3 aromatic rings. The molecule has 0 aliphatic carbocycles. The van der Waals surface area contributed by atoms with Crippen molar-refractivity contribution < 1.29 is 14.6 Å². The Bertz CT molecular complexity index is 1090. The van der Waals surface area contributed by atoms with Crippen molar-refractivity contribution in [3.05, 3.63) is 89.5 Å². The number of fused-ring (bicyclic) bond motifs is 1. The summed E-state index contributed by atoms with van der Waals surface area (Å²) in [6.07, 6.45) is 6.20. The van der Waals surface area contributed by atoms with Crippen molar-refractivity contribution in [2.75, 3.05) is 32.8 Å². The van der Waals surface area contributed by atoms with E-state index in [-0.39, 0.29) is 11.7 Å². The van der Waals surface area contributed by atoms with Gasteiger partial charge in [-0.2, -0.15) is 0 Å². The van der Waals surface area contributed by atoms with E-state index in [9.17, 15) is 5.11 Å². The topological polar surface area (TPSA) is 41.9 Å². The highest BCUT2D eigenvalue weighted by Crippen LogP contribution is 2.43. The molecule has 3 aromatic carbocycles. The van der Waals surface area contributed by atoms with Crippen LogP contribution in [0.5, 0.6) is 17.2 Å². The van der Waals surface area contributed by atoms with Crippen LogP contribution in [0.25, 0.3) is 11.6 Å². The molecular weight excluding hydrogens is 434 g/mol. The highest BCUT2D eigenvalue weighted by Gasteiger charge is 2.27. The number of likely N-dealkylation sites (tertiary alicyclic amines) is 1. The zero-order valence-corrected chi connectivity index (χ0v) is 21.0. The molecule has 1 unspecified atom stereocenters. The number of hydrogen-bond acceptors (Lipinski definition) is 4. The summed E-state index contributed by atoms with van der Waals surface area (Å²) in [4.78, 5) is 2.49. The number of nitrogens with zero attached hydrogens (tertiary/aromatic N) is 1. The number of phenolic OH excluding ortho intramolecular Hbond substituents is 1. The van der Waals surface area contributed by atoms with Gasteiger partial charge in [0.05, 0.1) is 6.61 Å². The van der Waals surface area contributed by atoms with Crippen molar-refractivity contribution >= 4 is 11.6 Å². The number of benzene rings is 3. The first-order valence-electron chi connectivity index (χ1n) is 12.9. The predicted octanol–water partition coefficient (Wildman–Crippen LogP) is 7.00. The summed E-state index contributed by atoms with van der Waals surface area (Å²) >= 11 is 0. The van der Waals surface area contributed by atoms with E-state index in [4.69, 9.17) is 9.47 Å². The quantitative estimate of drug-likeness (QED) is 0.420. The van der Waals surface area contributed by atoms with Crippen molar-refractivity contribution in [1.82, 2.24) is 4.90 Å². The van der Waals surface area contributed by atoms with Gasteiger partial charge in [-0.05, 0) is 66.9 Å². The van der Waals surface area contributed by atoms with E-state index in [1.54, 1.807) is 12.1 Å². The molecule has 0 aromatic heterocycles. The third-order valence-electron chi connectivity index (χ3n) is 6.59. The van der Waals surface area contributed by atoms with Gasteiger partial charge in [-0.15, -0.1) is 0 Å². The Kier molecular flexibility index (Phi) is 8.85. The molecule has 0 radical (unpaired) electrons. The second-order valence-corrected chi connectivity index (χ2v) is 8.87. The van der Waals surface area contributed by atoms with Gasteiger partial charge in [-0.25, -0.2) is 0 Å². The van der Waals surface area contributed by atoms with E-state index in [1.807, 2.05) is 26.0 Å². The average molecular weight is 472 g/mol. The lowest BCUT2D eigenvalue weighted by atomic mass is 9.84. The maximum absolute atomic E-state index is 9.92. The second-order valence-electron chi connectivity index (χ2n) is 8.87. The van der Waals surface area contributed by atoms with Crippen LogP contribution in [0, 0.1) is 0 Å². The van der Waals surface area contributed by atoms with E-state index >= 15 is 0 Å². The van der Waals surface area contributed by atoms with Crippen LogP contribution in [-0.2, 0) is 0 Å². The summed E-state index contributed by atoms with van der Waals surface area (Å²) < 4.78 is 12.0. The van der Waals surface area contributed by atoms with Crippen molar-refractivity contribution in [3.8, 4) is 17.2 Å². The fourth-order valence-electron chi connectivity index (χ4n) is 4.77. The molecule has 1 saturated heterocycles. The van der Waals surface area contributed by atoms with Gasteiger partial charge in [0.2, 0.25) is 0 Å². The lowest BCUT2D eigenvalue weighted by Crippen LogP contribution is -2.33. The van der Waals surface area contributed by atoms with Gasteiger partial charge in [-0.3, -0.25) is 4.90 Å². The van der Waals surface area contributed by atoms with E-state index in [1.165, 1.54) is 43.5 Å². The molecule has 2 heterocycles. The molecule has 0 amide bonds. The van der Waals surface area contributed by atoms with Crippen molar-refractivity contribution in [1.29, 1.82) is 0 Å². The third-order valence-corrected chi connectivity index (χ3v) is 6.59. The maximum atomic E-state index is 9.92. The number of aromatic hydroxyl groups is 1. The molecule has 4 heteroatoms. The molecule has 1 atom stereocenters. The molecule has 35 heavy (non-hydrogen) atoms. The maximum Gasteiger partial charge on any atom is 0.130 e. The molecule has 184 valence electrons. The lowest BCUT2D eigenvalue weighted by Gasteiger charge is -2.29. The zero-order valence-electron chi connectivity index (χ0n) is 21.0. The Hall–Kier alpha value is -3.24. The van der Waals surface area contributed by atoms with Crippen LogP contribution in [0.3, 0.4) is 0 Å². The summed E-state index contributed by atoms with van der Waals surface area (Å²) in [5, 5.41) is 9.92. The van der Waals surface area contributed by atoms with Gasteiger partial charge in [0.1, 0.15) is 23.9 Å². The Labute approximate surface area is 209 Å². The summed E-state index contributed by atoms with van der Waals surface area (Å²) in [5.41, 5.74) is 4.56. The molecule has 2 aliphatic rings. The van der Waals surface area contributed by atoms with Gasteiger partial charge in [-0.1, -0.05) is 68.8 Å². The summed E-state index contributed by atoms with van der Waals surface area (Å²) in [6, 6.07) is 24.2. The number of hydrogen-bond donors (Lipinski definition) is 1. The number of phenols is 1. The molecule has 1 fully saturated rings. The minimum Gasteiger partial charge on any atom is -0.508 e. The Morgan fingerprint density at radius 2 is 1.69 bits per heavy atom. The lowest BCUT2D eigenvalue weighted by molar-refractivity contribution is 0.183. The standard InChI is InChI=1S/C29H31NO3.C2H6/c31-24-11-14-26-27(28(21-33-29(26)20-24)23-7-3-1-4-8-23)19-22-9-12-25(13-10-22)32-18-17-30-15-5-2-6-16-30;1-2/h1,3-4,7-14,19-20,28,31H,2,5-6,15-18,21H2;1-2H3/b27-19-;. The van der Waals surface area contributed by atoms with Gasteiger partial charge in [0.15, 0.2) is 0 Å². The van der Waals surface area contributed by atoms with Crippen molar-refractivity contribution in [3.63, 3.8) is 0 Å². The molecule has 1 N–H and O–H groups in total. The minimum atomic E-state index is 0.128. The molecule has 0 saturated carbocycles. The Morgan fingerprint density at radius 1 is 0.943 bits per heavy atom. The van der Waals surface area contributed by atoms with Gasteiger partial charge in [0.25, 0.3) is 0 Å². The summed E-state index contributed by atoms with van der Waals surface area (Å²) in [5.74, 6) is 1.98. The molecule has 2 aliphatic heterocycles. The third kappa shape index (κ3) is 6.46. The van der Waals surface area contributed by atoms with Crippen LogP contribution >= 0.6 is 0 Å². The van der Waals surface area contributed by atoms with Gasteiger partial charge >= 0.3 is 0 Å². The van der Waals surface area contributed by atoms with Crippen LogP contribution in [-0.4, -0.2) is 42.9 Å². The zero-order chi connectivity index (χ0) is 24.5. The van der Waals surface area contributed by atoms with Crippen LogP contribution in [0.4, 0.5) is 0 Å². The van der Waals surface area contributed by atoms with Crippen LogP contribution in [0.2, 0.25) is 0 Å². The van der Waals surface area contributed by atoms with E-state index in [0.29, 0.717) is 6.61 Å². The summed E-state index contributed by atoms with van der Waals surface area (Å²) in [7, 11) is 0. The highest BCUT2D eigenvalue weighted by atomic mass is 16.5. The summed E-state index contributed by atoms with van der Waals surface area (Å²) in [6.45, 7) is 8.66. The monoisotopic (exact) mass is 471 g/mol. The minimum absolute atomic E-state index is 0.128. The molecule has 4 nitrogen and oxygen atoms in total. The number of ether oxygens (including phenoxy) is 2. The van der Waals surface area contributed by atoms with Gasteiger partial charge in [0, 0.05) is 24.1 Å². The van der Waals surface area contributed by atoms with E-state index in [0.717, 1.165) is 35.8 Å². The van der Waals surface area contributed by atoms with Crippen molar-refractivity contribution in [2.24, 2.45) is 0 Å². The van der Waals surface area contributed by atoms with Crippen LogP contribution in [0.1, 0.15) is 55.7 Å². The number of rotatable bonds is 6. The second kappa shape index (κ2) is 12.5. The van der Waals surface area contributed by atoms with E-state index in [2.05, 4.69) is 59.5 Å². The Morgan fingerprint density at radius 3 is 2.43 bits per heavy atom. The highest BCUT2D eigenvalue weighted by molar-refractivity contribution is 5.88. The normalized spacial score (nSPS) is 18.7. The molecule has 0 bridgehead atoms.